The van der Waals surface area contributed by atoms with E-state index in [-0.39, 0.29) is 17.6 Å². The lowest BCUT2D eigenvalue weighted by atomic mass is 10.0. The summed E-state index contributed by atoms with van der Waals surface area (Å²) >= 11 is 3.21. The van der Waals surface area contributed by atoms with Gasteiger partial charge in [-0.25, -0.2) is 4.39 Å². The zero-order valence-corrected chi connectivity index (χ0v) is 11.0. The van der Waals surface area contributed by atoms with E-state index in [1.807, 2.05) is 13.8 Å². The Morgan fingerprint density at radius 3 is 2.56 bits per heavy atom. The van der Waals surface area contributed by atoms with Crippen LogP contribution in [-0.2, 0) is 4.79 Å². The lowest BCUT2D eigenvalue weighted by molar-refractivity contribution is -0.120. The molecule has 0 aliphatic heterocycles. The van der Waals surface area contributed by atoms with Crippen molar-refractivity contribution in [3.8, 4) is 0 Å². The Labute approximate surface area is 103 Å². The van der Waals surface area contributed by atoms with Crippen LogP contribution >= 0.6 is 15.9 Å². The standard InChI is InChI=1S/C12H15BrFNO/c1-3-8(4-2)12(16)15-11-6-5-9(14)7-10(11)13/h5-8H,3-4H2,1-2H3,(H,15,16). The fraction of sp³-hybridized carbons (Fsp3) is 0.417. The summed E-state index contributed by atoms with van der Waals surface area (Å²) in [5.74, 6) is -0.332. The van der Waals surface area contributed by atoms with E-state index in [1.54, 1.807) is 6.07 Å². The molecule has 0 aliphatic carbocycles. The number of carbonyl (C=O) groups is 1. The highest BCUT2D eigenvalue weighted by Gasteiger charge is 2.15. The minimum absolute atomic E-state index is 0.0111. The molecule has 0 bridgehead atoms. The number of rotatable bonds is 4. The number of halogens is 2. The molecule has 0 atom stereocenters. The van der Waals surface area contributed by atoms with Gasteiger partial charge in [-0.3, -0.25) is 4.79 Å². The first kappa shape index (κ1) is 13.2. The third-order valence-corrected chi connectivity index (χ3v) is 3.20. The Kier molecular flexibility index (Phi) is 4.93. The molecule has 0 aliphatic rings. The van der Waals surface area contributed by atoms with Crippen LogP contribution in [0.15, 0.2) is 22.7 Å². The number of hydrogen-bond acceptors (Lipinski definition) is 1. The van der Waals surface area contributed by atoms with E-state index in [9.17, 15) is 9.18 Å². The first-order valence-corrected chi connectivity index (χ1v) is 6.13. The molecule has 1 amide bonds. The van der Waals surface area contributed by atoms with E-state index >= 15 is 0 Å². The lowest BCUT2D eigenvalue weighted by Crippen LogP contribution is -2.21. The van der Waals surface area contributed by atoms with Crippen LogP contribution in [0.3, 0.4) is 0 Å². The van der Waals surface area contributed by atoms with Crippen LogP contribution in [0.2, 0.25) is 0 Å². The SMILES string of the molecule is CCC(CC)C(=O)Nc1ccc(F)cc1Br. The van der Waals surface area contributed by atoms with Crippen molar-refractivity contribution in [1.82, 2.24) is 0 Å². The van der Waals surface area contributed by atoms with Crippen LogP contribution < -0.4 is 5.32 Å². The molecule has 1 N–H and O–H groups in total. The van der Waals surface area contributed by atoms with Crippen LogP contribution in [-0.4, -0.2) is 5.91 Å². The van der Waals surface area contributed by atoms with E-state index in [1.165, 1.54) is 12.1 Å². The first-order valence-electron chi connectivity index (χ1n) is 5.34. The Balaban J connectivity index is 2.76. The predicted octanol–water partition coefficient (Wildman–Crippen LogP) is 3.96. The van der Waals surface area contributed by atoms with Crippen molar-refractivity contribution in [1.29, 1.82) is 0 Å². The summed E-state index contributed by atoms with van der Waals surface area (Å²) in [6.45, 7) is 3.96. The van der Waals surface area contributed by atoms with Gasteiger partial charge in [-0.1, -0.05) is 13.8 Å². The van der Waals surface area contributed by atoms with Gasteiger partial charge in [0, 0.05) is 10.4 Å². The molecule has 0 saturated heterocycles. The summed E-state index contributed by atoms with van der Waals surface area (Å²) in [5.41, 5.74) is 0.610. The van der Waals surface area contributed by atoms with Gasteiger partial charge >= 0.3 is 0 Å². The maximum Gasteiger partial charge on any atom is 0.227 e. The molecule has 1 aromatic carbocycles. The monoisotopic (exact) mass is 287 g/mol. The van der Waals surface area contributed by atoms with Crippen molar-refractivity contribution in [2.75, 3.05) is 5.32 Å². The van der Waals surface area contributed by atoms with Gasteiger partial charge in [0.1, 0.15) is 5.82 Å². The van der Waals surface area contributed by atoms with Crippen LogP contribution in [0.4, 0.5) is 10.1 Å². The van der Waals surface area contributed by atoms with E-state index in [0.29, 0.717) is 10.2 Å². The van der Waals surface area contributed by atoms with Crippen molar-refractivity contribution >= 4 is 27.5 Å². The maximum absolute atomic E-state index is 12.8. The van der Waals surface area contributed by atoms with Crippen molar-refractivity contribution in [3.05, 3.63) is 28.5 Å². The Hall–Kier alpha value is -0.900. The Morgan fingerprint density at radius 2 is 2.06 bits per heavy atom. The fourth-order valence-corrected chi connectivity index (χ4v) is 1.94. The molecule has 0 unspecified atom stereocenters. The largest absolute Gasteiger partial charge is 0.325 e. The van der Waals surface area contributed by atoms with Gasteiger partial charge in [0.25, 0.3) is 0 Å². The van der Waals surface area contributed by atoms with E-state index < -0.39 is 0 Å². The van der Waals surface area contributed by atoms with Crippen molar-refractivity contribution in [2.45, 2.75) is 26.7 Å². The molecule has 1 rings (SSSR count). The van der Waals surface area contributed by atoms with E-state index in [2.05, 4.69) is 21.2 Å². The van der Waals surface area contributed by atoms with Crippen LogP contribution in [0.25, 0.3) is 0 Å². The second kappa shape index (κ2) is 5.99. The average molecular weight is 288 g/mol. The van der Waals surface area contributed by atoms with Gasteiger partial charge < -0.3 is 5.32 Å². The zero-order chi connectivity index (χ0) is 12.1. The molecule has 88 valence electrons. The van der Waals surface area contributed by atoms with Gasteiger partial charge in [-0.15, -0.1) is 0 Å². The second-order valence-electron chi connectivity index (χ2n) is 3.63. The highest BCUT2D eigenvalue weighted by Crippen LogP contribution is 2.24. The third kappa shape index (κ3) is 3.30. The maximum atomic E-state index is 12.8. The fourth-order valence-electron chi connectivity index (χ4n) is 1.49. The summed E-state index contributed by atoms with van der Waals surface area (Å²) in [5, 5.41) is 2.79. The number of anilines is 1. The van der Waals surface area contributed by atoms with Crippen LogP contribution in [0.1, 0.15) is 26.7 Å². The Bertz CT molecular complexity index is 377. The highest BCUT2D eigenvalue weighted by atomic mass is 79.9. The topological polar surface area (TPSA) is 29.1 Å². The molecule has 0 aromatic heterocycles. The molecule has 0 saturated carbocycles. The molecule has 2 nitrogen and oxygen atoms in total. The first-order chi connectivity index (χ1) is 7.58. The number of carbonyl (C=O) groups excluding carboxylic acids is 1. The summed E-state index contributed by atoms with van der Waals surface area (Å²) < 4.78 is 13.4. The number of nitrogens with one attached hydrogen (secondary N) is 1. The normalized spacial score (nSPS) is 10.6. The van der Waals surface area contributed by atoms with Gasteiger partial charge in [-0.2, -0.15) is 0 Å². The average Bonchev–Trinajstić information content (AvgIpc) is 2.24. The molecular formula is C12H15BrFNO. The van der Waals surface area contributed by atoms with E-state index in [4.69, 9.17) is 0 Å². The summed E-state index contributed by atoms with van der Waals surface area (Å²) in [7, 11) is 0. The van der Waals surface area contributed by atoms with Crippen molar-refractivity contribution in [2.24, 2.45) is 5.92 Å². The van der Waals surface area contributed by atoms with Gasteiger partial charge in [0.2, 0.25) is 5.91 Å². The zero-order valence-electron chi connectivity index (χ0n) is 9.39. The molecule has 0 heterocycles. The minimum Gasteiger partial charge on any atom is -0.325 e. The molecule has 0 spiro atoms. The number of benzene rings is 1. The van der Waals surface area contributed by atoms with Gasteiger partial charge in [0.05, 0.1) is 5.69 Å². The second-order valence-corrected chi connectivity index (χ2v) is 4.48. The number of hydrogen-bond donors (Lipinski definition) is 1. The lowest BCUT2D eigenvalue weighted by Gasteiger charge is -2.13. The Morgan fingerprint density at radius 1 is 1.44 bits per heavy atom. The minimum atomic E-state index is -0.326. The van der Waals surface area contributed by atoms with Crippen LogP contribution in [0.5, 0.6) is 0 Å². The van der Waals surface area contributed by atoms with Gasteiger partial charge in [-0.05, 0) is 47.0 Å². The smallest absolute Gasteiger partial charge is 0.227 e. The summed E-state index contributed by atoms with van der Waals surface area (Å²) in [6.07, 6.45) is 1.61. The van der Waals surface area contributed by atoms with E-state index in [0.717, 1.165) is 12.8 Å². The number of amides is 1. The molecule has 0 radical (unpaired) electrons. The highest BCUT2D eigenvalue weighted by molar-refractivity contribution is 9.10. The molecule has 1 aromatic rings. The summed E-state index contributed by atoms with van der Waals surface area (Å²) in [4.78, 5) is 11.8. The third-order valence-electron chi connectivity index (χ3n) is 2.55. The predicted molar refractivity (Wildman–Crippen MR) is 66.8 cm³/mol. The summed E-state index contributed by atoms with van der Waals surface area (Å²) in [6, 6.07) is 4.22. The molecule has 0 fully saturated rings. The molecule has 16 heavy (non-hydrogen) atoms. The molecular weight excluding hydrogens is 273 g/mol. The van der Waals surface area contributed by atoms with Crippen molar-refractivity contribution in [3.63, 3.8) is 0 Å². The quantitative estimate of drug-likeness (QED) is 0.892. The van der Waals surface area contributed by atoms with Crippen LogP contribution in [0, 0.1) is 11.7 Å². The molecule has 4 heteroatoms. The van der Waals surface area contributed by atoms with Gasteiger partial charge in [0.15, 0.2) is 0 Å². The van der Waals surface area contributed by atoms with Crippen molar-refractivity contribution < 1.29 is 9.18 Å².